The van der Waals surface area contributed by atoms with Crippen LogP contribution in [0.1, 0.15) is 25.3 Å². The molecule has 1 aliphatic rings. The fraction of sp³-hybridized carbons (Fsp3) is 0.500. The van der Waals surface area contributed by atoms with E-state index in [1.165, 1.54) is 6.07 Å². The molecule has 6 heteroatoms. The topological polar surface area (TPSA) is 84.3 Å². The minimum Gasteiger partial charge on any atom is -0.351 e. The minimum atomic E-state index is -0.450. The van der Waals surface area contributed by atoms with Gasteiger partial charge in [0.1, 0.15) is 0 Å². The Morgan fingerprint density at radius 2 is 2.05 bits per heavy atom. The number of amides is 1. The Bertz CT molecular complexity index is 510. The second kappa shape index (κ2) is 6.00. The van der Waals surface area contributed by atoms with E-state index in [2.05, 4.69) is 10.6 Å². The molecular formula is C14H19N3O3. The van der Waals surface area contributed by atoms with Crippen LogP contribution in [0.5, 0.6) is 0 Å². The molecule has 20 heavy (non-hydrogen) atoms. The predicted molar refractivity (Wildman–Crippen MR) is 75.5 cm³/mol. The molecule has 2 N–H and O–H groups in total. The molecule has 108 valence electrons. The molecule has 0 aliphatic carbocycles. The molecule has 0 bridgehead atoms. The summed E-state index contributed by atoms with van der Waals surface area (Å²) in [6.07, 6.45) is 1.78. The van der Waals surface area contributed by atoms with Crippen molar-refractivity contribution in [2.75, 3.05) is 13.1 Å². The maximum atomic E-state index is 12.1. The van der Waals surface area contributed by atoms with Gasteiger partial charge in [0.15, 0.2) is 0 Å². The second-order valence-electron chi connectivity index (χ2n) is 5.42. The summed E-state index contributed by atoms with van der Waals surface area (Å²) in [7, 11) is 0. The zero-order valence-corrected chi connectivity index (χ0v) is 11.5. The van der Waals surface area contributed by atoms with Crippen molar-refractivity contribution in [1.82, 2.24) is 10.6 Å². The largest absolute Gasteiger partial charge is 0.351 e. The van der Waals surface area contributed by atoms with Gasteiger partial charge in [-0.25, -0.2) is 0 Å². The number of nitro groups is 1. The number of hydrogen-bond acceptors (Lipinski definition) is 4. The first kappa shape index (κ1) is 14.5. The number of para-hydroxylation sites is 1. The van der Waals surface area contributed by atoms with Crippen LogP contribution in [-0.4, -0.2) is 29.5 Å². The Labute approximate surface area is 117 Å². The van der Waals surface area contributed by atoms with Gasteiger partial charge in [-0.3, -0.25) is 14.9 Å². The highest BCUT2D eigenvalue weighted by atomic mass is 16.6. The van der Waals surface area contributed by atoms with E-state index in [9.17, 15) is 14.9 Å². The Morgan fingerprint density at radius 3 is 2.70 bits per heavy atom. The van der Waals surface area contributed by atoms with Crippen LogP contribution in [0.25, 0.3) is 0 Å². The van der Waals surface area contributed by atoms with Crippen LogP contribution in [0.4, 0.5) is 5.69 Å². The Balaban J connectivity index is 2.03. The standard InChI is InChI=1S/C14H19N3O3/c1-14(6-8-15-9-7-14)16-13(18)10-11-4-2-3-5-12(11)17(19)20/h2-5,15H,6-10H2,1H3,(H,16,18). The van der Waals surface area contributed by atoms with Gasteiger partial charge in [0, 0.05) is 17.2 Å². The molecule has 0 saturated carbocycles. The summed E-state index contributed by atoms with van der Waals surface area (Å²) in [4.78, 5) is 22.6. The van der Waals surface area contributed by atoms with Crippen LogP contribution in [0.2, 0.25) is 0 Å². The maximum Gasteiger partial charge on any atom is 0.273 e. The van der Waals surface area contributed by atoms with Gasteiger partial charge in [-0.2, -0.15) is 0 Å². The molecule has 0 unspecified atom stereocenters. The summed E-state index contributed by atoms with van der Waals surface area (Å²) in [6.45, 7) is 3.77. The highest BCUT2D eigenvalue weighted by Gasteiger charge is 2.28. The Morgan fingerprint density at radius 1 is 1.40 bits per heavy atom. The summed E-state index contributed by atoms with van der Waals surface area (Å²) in [5, 5.41) is 17.2. The molecule has 1 aromatic rings. The van der Waals surface area contributed by atoms with Gasteiger partial charge in [-0.1, -0.05) is 18.2 Å². The van der Waals surface area contributed by atoms with Gasteiger partial charge >= 0.3 is 0 Å². The van der Waals surface area contributed by atoms with Crippen molar-refractivity contribution in [2.45, 2.75) is 31.7 Å². The van der Waals surface area contributed by atoms with E-state index >= 15 is 0 Å². The van der Waals surface area contributed by atoms with Crippen molar-refractivity contribution in [2.24, 2.45) is 0 Å². The molecule has 1 heterocycles. The number of hydrogen-bond donors (Lipinski definition) is 2. The fourth-order valence-corrected chi connectivity index (χ4v) is 2.50. The molecule has 1 amide bonds. The van der Waals surface area contributed by atoms with Crippen molar-refractivity contribution in [3.8, 4) is 0 Å². The molecule has 1 aromatic carbocycles. The monoisotopic (exact) mass is 277 g/mol. The number of nitrogens with zero attached hydrogens (tertiary/aromatic N) is 1. The molecule has 0 aromatic heterocycles. The minimum absolute atomic E-state index is 0.00175. The normalized spacial score (nSPS) is 17.4. The zero-order chi connectivity index (χ0) is 14.6. The summed E-state index contributed by atoms with van der Waals surface area (Å²) < 4.78 is 0. The van der Waals surface area contributed by atoms with Crippen LogP contribution in [0, 0.1) is 10.1 Å². The van der Waals surface area contributed by atoms with Crippen LogP contribution < -0.4 is 10.6 Å². The van der Waals surface area contributed by atoms with Crippen molar-refractivity contribution in [3.63, 3.8) is 0 Å². The first-order chi connectivity index (χ1) is 9.50. The molecule has 6 nitrogen and oxygen atoms in total. The molecule has 0 spiro atoms. The molecule has 0 radical (unpaired) electrons. The number of benzene rings is 1. The molecule has 2 rings (SSSR count). The SMILES string of the molecule is CC1(NC(=O)Cc2ccccc2[N+](=O)[O-])CCNCC1. The quantitative estimate of drug-likeness (QED) is 0.643. The molecule has 0 atom stereocenters. The van der Waals surface area contributed by atoms with Crippen LogP contribution in [0.15, 0.2) is 24.3 Å². The number of carbonyl (C=O) groups is 1. The lowest BCUT2D eigenvalue weighted by Gasteiger charge is -2.35. The first-order valence-corrected chi connectivity index (χ1v) is 6.74. The lowest BCUT2D eigenvalue weighted by molar-refractivity contribution is -0.385. The Hall–Kier alpha value is -1.95. The van der Waals surface area contributed by atoms with Gasteiger partial charge in [0.05, 0.1) is 11.3 Å². The highest BCUT2D eigenvalue weighted by Crippen LogP contribution is 2.20. The van der Waals surface area contributed by atoms with Crippen molar-refractivity contribution in [1.29, 1.82) is 0 Å². The van der Waals surface area contributed by atoms with Crippen LogP contribution in [-0.2, 0) is 11.2 Å². The van der Waals surface area contributed by atoms with Crippen LogP contribution >= 0.6 is 0 Å². The first-order valence-electron chi connectivity index (χ1n) is 6.74. The predicted octanol–water partition coefficient (Wildman–Crippen LogP) is 1.40. The van der Waals surface area contributed by atoms with E-state index < -0.39 is 4.92 Å². The lowest BCUT2D eigenvalue weighted by atomic mass is 9.90. The van der Waals surface area contributed by atoms with E-state index in [0.717, 1.165) is 25.9 Å². The van der Waals surface area contributed by atoms with Crippen molar-refractivity contribution >= 4 is 11.6 Å². The second-order valence-corrected chi connectivity index (χ2v) is 5.42. The number of rotatable bonds is 4. The van der Waals surface area contributed by atoms with Gasteiger partial charge < -0.3 is 10.6 Å². The number of nitro benzene ring substituents is 1. The van der Waals surface area contributed by atoms with E-state index in [-0.39, 0.29) is 23.6 Å². The van der Waals surface area contributed by atoms with Gasteiger partial charge in [-0.15, -0.1) is 0 Å². The van der Waals surface area contributed by atoms with Gasteiger partial charge in [0.2, 0.25) is 5.91 Å². The number of carbonyl (C=O) groups excluding carboxylic acids is 1. The summed E-state index contributed by atoms with van der Waals surface area (Å²) in [6, 6.07) is 6.37. The zero-order valence-electron chi connectivity index (χ0n) is 11.5. The Kier molecular flexibility index (Phi) is 4.34. The third kappa shape index (κ3) is 3.54. The third-order valence-corrected chi connectivity index (χ3v) is 3.69. The maximum absolute atomic E-state index is 12.1. The van der Waals surface area contributed by atoms with E-state index in [0.29, 0.717) is 5.56 Å². The number of piperidine rings is 1. The third-order valence-electron chi connectivity index (χ3n) is 3.69. The smallest absolute Gasteiger partial charge is 0.273 e. The lowest BCUT2D eigenvalue weighted by Crippen LogP contribution is -2.52. The summed E-state index contributed by atoms with van der Waals surface area (Å²) >= 11 is 0. The van der Waals surface area contributed by atoms with Gasteiger partial charge in [0.25, 0.3) is 5.69 Å². The van der Waals surface area contributed by atoms with Crippen molar-refractivity contribution in [3.05, 3.63) is 39.9 Å². The average Bonchev–Trinajstić information content (AvgIpc) is 2.39. The summed E-state index contributed by atoms with van der Waals surface area (Å²) in [5.41, 5.74) is 0.233. The van der Waals surface area contributed by atoms with E-state index in [1.807, 2.05) is 6.92 Å². The number of nitrogens with one attached hydrogen (secondary N) is 2. The molecular weight excluding hydrogens is 258 g/mol. The van der Waals surface area contributed by atoms with Gasteiger partial charge in [-0.05, 0) is 32.9 Å². The average molecular weight is 277 g/mol. The molecule has 1 saturated heterocycles. The molecule has 1 fully saturated rings. The fourth-order valence-electron chi connectivity index (χ4n) is 2.50. The highest BCUT2D eigenvalue weighted by molar-refractivity contribution is 5.80. The summed E-state index contributed by atoms with van der Waals surface area (Å²) in [5.74, 6) is -0.163. The molecule has 1 aliphatic heterocycles. The van der Waals surface area contributed by atoms with E-state index in [4.69, 9.17) is 0 Å². The van der Waals surface area contributed by atoms with Crippen molar-refractivity contribution < 1.29 is 9.72 Å². The van der Waals surface area contributed by atoms with E-state index in [1.54, 1.807) is 18.2 Å². The van der Waals surface area contributed by atoms with Crippen LogP contribution in [0.3, 0.4) is 0 Å².